The Morgan fingerprint density at radius 2 is 1.95 bits per heavy atom. The second kappa shape index (κ2) is 7.38. The number of anilines is 2. The minimum Gasteiger partial charge on any atom is -0.467 e. The molecule has 2 N–H and O–H groups in total. The van der Waals surface area contributed by atoms with E-state index in [0.717, 1.165) is 0 Å². The van der Waals surface area contributed by atoms with E-state index in [1.54, 1.807) is 31.2 Å². The van der Waals surface area contributed by atoms with Crippen molar-refractivity contribution in [3.05, 3.63) is 24.3 Å². The van der Waals surface area contributed by atoms with Crippen LogP contribution in [0.4, 0.5) is 11.4 Å². The zero-order chi connectivity index (χ0) is 14.3. The number of methoxy groups -OCH3 is 2. The van der Waals surface area contributed by atoms with Gasteiger partial charge in [-0.25, -0.2) is 4.79 Å². The Balaban J connectivity index is 2.66. The van der Waals surface area contributed by atoms with E-state index in [9.17, 15) is 9.59 Å². The molecule has 0 radical (unpaired) electrons. The summed E-state index contributed by atoms with van der Waals surface area (Å²) in [6, 6.07) is 6.59. The van der Waals surface area contributed by atoms with Crippen molar-refractivity contribution in [1.29, 1.82) is 0 Å². The Morgan fingerprint density at radius 1 is 1.26 bits per heavy atom. The van der Waals surface area contributed by atoms with Crippen LogP contribution in [0.15, 0.2) is 24.3 Å². The second-order valence-corrected chi connectivity index (χ2v) is 3.95. The fraction of sp³-hybridized carbons (Fsp3) is 0.385. The van der Waals surface area contributed by atoms with Crippen LogP contribution in [0, 0.1) is 0 Å². The fourth-order valence-corrected chi connectivity index (χ4v) is 1.50. The minimum absolute atomic E-state index is 0.00375. The quantitative estimate of drug-likeness (QED) is 0.758. The highest BCUT2D eigenvalue weighted by atomic mass is 16.5. The molecule has 0 heterocycles. The van der Waals surface area contributed by atoms with E-state index in [1.807, 2.05) is 0 Å². The Kier molecular flexibility index (Phi) is 5.81. The van der Waals surface area contributed by atoms with E-state index in [0.29, 0.717) is 11.4 Å². The van der Waals surface area contributed by atoms with Crippen LogP contribution in [0.3, 0.4) is 0 Å². The Morgan fingerprint density at radius 3 is 2.58 bits per heavy atom. The molecular formula is C13H18N2O4. The molecule has 1 unspecified atom stereocenters. The standard InChI is InChI=1S/C13H18N2O4/c1-9(13(17)19-3)14-10-5-4-6-11(7-10)15-12(16)8-18-2/h4-7,9,14H,8H2,1-3H3,(H,15,16). The van der Waals surface area contributed by atoms with E-state index in [1.165, 1.54) is 14.2 Å². The number of rotatable bonds is 6. The highest BCUT2D eigenvalue weighted by molar-refractivity contribution is 5.92. The number of esters is 1. The van der Waals surface area contributed by atoms with Crippen LogP contribution < -0.4 is 10.6 Å². The number of carbonyl (C=O) groups is 2. The molecule has 0 bridgehead atoms. The molecule has 0 saturated heterocycles. The number of hydrogen-bond acceptors (Lipinski definition) is 5. The zero-order valence-electron chi connectivity index (χ0n) is 11.2. The van der Waals surface area contributed by atoms with Crippen molar-refractivity contribution in [2.45, 2.75) is 13.0 Å². The topological polar surface area (TPSA) is 76.7 Å². The third-order valence-corrected chi connectivity index (χ3v) is 2.36. The SMILES string of the molecule is COCC(=O)Nc1cccc(NC(C)C(=O)OC)c1. The summed E-state index contributed by atoms with van der Waals surface area (Å²) in [5.74, 6) is -0.588. The van der Waals surface area contributed by atoms with E-state index in [2.05, 4.69) is 15.4 Å². The van der Waals surface area contributed by atoms with Gasteiger partial charge in [0, 0.05) is 18.5 Å². The molecule has 19 heavy (non-hydrogen) atoms. The maximum Gasteiger partial charge on any atom is 0.327 e. The fourth-order valence-electron chi connectivity index (χ4n) is 1.50. The summed E-state index contributed by atoms with van der Waals surface area (Å²) >= 11 is 0. The lowest BCUT2D eigenvalue weighted by Crippen LogP contribution is -2.27. The molecule has 1 amide bonds. The molecule has 104 valence electrons. The Labute approximate surface area is 112 Å². The van der Waals surface area contributed by atoms with Gasteiger partial charge in [0.15, 0.2) is 0 Å². The molecule has 0 aromatic heterocycles. The van der Waals surface area contributed by atoms with E-state index in [4.69, 9.17) is 4.74 Å². The van der Waals surface area contributed by atoms with E-state index < -0.39 is 6.04 Å². The van der Waals surface area contributed by atoms with Crippen molar-refractivity contribution in [2.24, 2.45) is 0 Å². The number of amides is 1. The van der Waals surface area contributed by atoms with Gasteiger partial charge in [0.05, 0.1) is 7.11 Å². The number of ether oxygens (including phenoxy) is 2. The highest BCUT2D eigenvalue weighted by Crippen LogP contribution is 2.16. The van der Waals surface area contributed by atoms with Gasteiger partial charge in [-0.3, -0.25) is 4.79 Å². The van der Waals surface area contributed by atoms with Crippen molar-refractivity contribution in [1.82, 2.24) is 0 Å². The van der Waals surface area contributed by atoms with Crippen LogP contribution in [-0.2, 0) is 19.1 Å². The maximum absolute atomic E-state index is 11.4. The number of benzene rings is 1. The first-order chi connectivity index (χ1) is 9.06. The summed E-state index contributed by atoms with van der Waals surface area (Å²) in [5, 5.41) is 5.66. The molecule has 0 fully saturated rings. The predicted molar refractivity (Wildman–Crippen MR) is 72.0 cm³/mol. The van der Waals surface area contributed by atoms with Gasteiger partial charge in [0.1, 0.15) is 12.6 Å². The summed E-state index contributed by atoms with van der Waals surface area (Å²) < 4.78 is 9.35. The summed E-state index contributed by atoms with van der Waals surface area (Å²) in [6.45, 7) is 1.69. The Hall–Kier alpha value is -2.08. The molecule has 0 aliphatic carbocycles. The van der Waals surface area contributed by atoms with Gasteiger partial charge in [0.2, 0.25) is 5.91 Å². The molecule has 0 saturated carbocycles. The van der Waals surface area contributed by atoms with Gasteiger partial charge in [-0.2, -0.15) is 0 Å². The molecule has 6 heteroatoms. The smallest absolute Gasteiger partial charge is 0.327 e. The van der Waals surface area contributed by atoms with E-state index >= 15 is 0 Å². The summed E-state index contributed by atoms with van der Waals surface area (Å²) in [4.78, 5) is 22.7. The average molecular weight is 266 g/mol. The summed E-state index contributed by atoms with van der Waals surface area (Å²) in [6.07, 6.45) is 0. The normalized spacial score (nSPS) is 11.5. The van der Waals surface area contributed by atoms with Gasteiger partial charge < -0.3 is 20.1 Å². The van der Waals surface area contributed by atoms with Gasteiger partial charge >= 0.3 is 5.97 Å². The van der Waals surface area contributed by atoms with Crippen molar-refractivity contribution >= 4 is 23.3 Å². The molecule has 1 atom stereocenters. The third-order valence-electron chi connectivity index (χ3n) is 2.36. The molecular weight excluding hydrogens is 248 g/mol. The first kappa shape index (κ1) is 15.0. The second-order valence-electron chi connectivity index (χ2n) is 3.95. The number of hydrogen-bond donors (Lipinski definition) is 2. The lowest BCUT2D eigenvalue weighted by atomic mass is 10.2. The maximum atomic E-state index is 11.4. The molecule has 1 aromatic carbocycles. The van der Waals surface area contributed by atoms with Crippen LogP contribution in [0.5, 0.6) is 0 Å². The van der Waals surface area contributed by atoms with Crippen LogP contribution in [0.25, 0.3) is 0 Å². The number of nitrogens with one attached hydrogen (secondary N) is 2. The molecule has 0 aliphatic rings. The van der Waals surface area contributed by atoms with Gasteiger partial charge in [-0.1, -0.05) is 6.07 Å². The van der Waals surface area contributed by atoms with Crippen LogP contribution >= 0.6 is 0 Å². The first-order valence-electron chi connectivity index (χ1n) is 5.80. The molecule has 0 spiro atoms. The number of carbonyl (C=O) groups excluding carboxylic acids is 2. The molecule has 0 aliphatic heterocycles. The van der Waals surface area contributed by atoms with Crippen molar-refractivity contribution < 1.29 is 19.1 Å². The zero-order valence-corrected chi connectivity index (χ0v) is 11.2. The van der Waals surface area contributed by atoms with Crippen LogP contribution in [0.1, 0.15) is 6.92 Å². The summed E-state index contributed by atoms with van der Waals surface area (Å²) in [7, 11) is 2.79. The van der Waals surface area contributed by atoms with E-state index in [-0.39, 0.29) is 18.5 Å². The molecule has 1 aromatic rings. The molecule has 1 rings (SSSR count). The first-order valence-corrected chi connectivity index (χ1v) is 5.80. The van der Waals surface area contributed by atoms with Crippen molar-refractivity contribution in [3.8, 4) is 0 Å². The predicted octanol–water partition coefficient (Wildman–Crippen LogP) is 1.24. The lowest BCUT2D eigenvalue weighted by molar-refractivity contribution is -0.141. The van der Waals surface area contributed by atoms with Gasteiger partial charge in [-0.05, 0) is 25.1 Å². The van der Waals surface area contributed by atoms with Crippen LogP contribution in [0.2, 0.25) is 0 Å². The van der Waals surface area contributed by atoms with Gasteiger partial charge in [0.25, 0.3) is 0 Å². The third kappa shape index (κ3) is 4.97. The largest absolute Gasteiger partial charge is 0.467 e. The van der Waals surface area contributed by atoms with Crippen molar-refractivity contribution in [2.75, 3.05) is 31.5 Å². The molecule has 6 nitrogen and oxygen atoms in total. The minimum atomic E-state index is -0.463. The summed E-state index contributed by atoms with van der Waals surface area (Å²) in [5.41, 5.74) is 1.34. The lowest BCUT2D eigenvalue weighted by Gasteiger charge is -2.14. The van der Waals surface area contributed by atoms with Gasteiger partial charge in [-0.15, -0.1) is 0 Å². The van der Waals surface area contributed by atoms with Crippen molar-refractivity contribution in [3.63, 3.8) is 0 Å². The Bertz CT molecular complexity index is 448. The highest BCUT2D eigenvalue weighted by Gasteiger charge is 2.12. The monoisotopic (exact) mass is 266 g/mol. The average Bonchev–Trinajstić information content (AvgIpc) is 2.38. The van der Waals surface area contributed by atoms with Crippen LogP contribution in [-0.4, -0.2) is 38.7 Å².